The van der Waals surface area contributed by atoms with E-state index in [1.807, 2.05) is 12.1 Å². The molecule has 134 valence electrons. The maximum absolute atomic E-state index is 5.29. The zero-order chi connectivity index (χ0) is 17.9. The lowest BCUT2D eigenvalue weighted by molar-refractivity contribution is 0.486. The molecule has 6 heteroatoms. The zero-order valence-electron chi connectivity index (χ0n) is 15.2. The molecule has 0 radical (unpaired) electrons. The highest BCUT2D eigenvalue weighted by Crippen LogP contribution is 2.17. The van der Waals surface area contributed by atoms with Crippen LogP contribution in [-0.2, 0) is 0 Å². The highest BCUT2D eigenvalue weighted by atomic mass is 32.1. The van der Waals surface area contributed by atoms with Gasteiger partial charge in [0.2, 0.25) is 0 Å². The van der Waals surface area contributed by atoms with E-state index < -0.39 is 0 Å². The molecule has 0 aliphatic heterocycles. The molecule has 1 aromatic rings. The molecular formula is C18H30N4S2. The number of rotatable bonds is 7. The van der Waals surface area contributed by atoms with E-state index in [2.05, 4.69) is 55.2 Å². The first-order valence-electron chi connectivity index (χ1n) is 8.61. The van der Waals surface area contributed by atoms with Crippen molar-refractivity contribution in [3.8, 4) is 0 Å². The molecule has 0 aliphatic rings. The van der Waals surface area contributed by atoms with Crippen LogP contribution in [0, 0.1) is 19.8 Å². The van der Waals surface area contributed by atoms with E-state index in [4.69, 9.17) is 24.4 Å². The van der Waals surface area contributed by atoms with Crippen LogP contribution in [0.5, 0.6) is 0 Å². The number of thiocarbonyl (C=S) groups is 2. The first-order chi connectivity index (χ1) is 11.4. The minimum absolute atomic E-state index is 0.490. The van der Waals surface area contributed by atoms with E-state index in [-0.39, 0.29) is 0 Å². The molecule has 1 atom stereocenters. The first kappa shape index (κ1) is 20.6. The smallest absolute Gasteiger partial charge is 0.189 e. The van der Waals surface area contributed by atoms with Gasteiger partial charge in [0, 0.05) is 12.2 Å². The maximum atomic E-state index is 5.29. The topological polar surface area (TPSA) is 48.1 Å². The Bertz CT molecular complexity index is 546. The standard InChI is InChI=1S/C18H30N4S2/c1-5-6-7-9-13(2)12-19-17(23)21-22-18(24)20-16-11-8-10-14(3)15(16)4/h8,10-11,13H,5-7,9,12H2,1-4H3,(H2,19,21,23)(H2,20,22,24)/t13-/m0/s1. The number of aryl methyl sites for hydroxylation is 1. The van der Waals surface area contributed by atoms with Crippen molar-refractivity contribution in [1.82, 2.24) is 16.2 Å². The summed E-state index contributed by atoms with van der Waals surface area (Å²) < 4.78 is 0. The van der Waals surface area contributed by atoms with Crippen molar-refractivity contribution in [2.24, 2.45) is 5.92 Å². The van der Waals surface area contributed by atoms with Crippen molar-refractivity contribution in [1.29, 1.82) is 0 Å². The zero-order valence-corrected chi connectivity index (χ0v) is 16.8. The Labute approximate surface area is 157 Å². The van der Waals surface area contributed by atoms with Crippen molar-refractivity contribution in [2.75, 3.05) is 11.9 Å². The maximum Gasteiger partial charge on any atom is 0.189 e. The van der Waals surface area contributed by atoms with E-state index >= 15 is 0 Å². The number of hydrogen-bond donors (Lipinski definition) is 4. The highest BCUT2D eigenvalue weighted by Gasteiger charge is 2.05. The Morgan fingerprint density at radius 1 is 1.08 bits per heavy atom. The summed E-state index contributed by atoms with van der Waals surface area (Å²) in [7, 11) is 0. The van der Waals surface area contributed by atoms with Crippen LogP contribution in [0.2, 0.25) is 0 Å². The lowest BCUT2D eigenvalue weighted by atomic mass is 10.0. The summed E-state index contributed by atoms with van der Waals surface area (Å²) in [5.74, 6) is 0.608. The van der Waals surface area contributed by atoms with Crippen LogP contribution in [0.15, 0.2) is 18.2 Å². The van der Waals surface area contributed by atoms with Crippen LogP contribution >= 0.6 is 24.4 Å². The number of unbranched alkanes of at least 4 members (excludes halogenated alkanes) is 2. The van der Waals surface area contributed by atoms with Gasteiger partial charge in [-0.25, -0.2) is 0 Å². The molecule has 0 fully saturated rings. The fourth-order valence-electron chi connectivity index (χ4n) is 2.31. The van der Waals surface area contributed by atoms with Gasteiger partial charge in [-0.05, 0) is 67.8 Å². The molecule has 0 saturated carbocycles. The van der Waals surface area contributed by atoms with Crippen LogP contribution in [0.1, 0.15) is 50.7 Å². The van der Waals surface area contributed by atoms with E-state index in [0.29, 0.717) is 16.1 Å². The molecule has 0 amide bonds. The van der Waals surface area contributed by atoms with Crippen LogP contribution in [0.4, 0.5) is 5.69 Å². The van der Waals surface area contributed by atoms with Gasteiger partial charge in [-0.15, -0.1) is 0 Å². The van der Waals surface area contributed by atoms with Gasteiger partial charge in [0.05, 0.1) is 0 Å². The molecule has 0 heterocycles. The Hall–Kier alpha value is -1.40. The third-order valence-electron chi connectivity index (χ3n) is 4.05. The van der Waals surface area contributed by atoms with Crippen molar-refractivity contribution in [3.63, 3.8) is 0 Å². The largest absolute Gasteiger partial charge is 0.361 e. The quantitative estimate of drug-likeness (QED) is 0.330. The Morgan fingerprint density at radius 3 is 2.50 bits per heavy atom. The molecule has 4 N–H and O–H groups in total. The van der Waals surface area contributed by atoms with Gasteiger partial charge in [0.15, 0.2) is 10.2 Å². The van der Waals surface area contributed by atoms with Crippen LogP contribution in [-0.4, -0.2) is 16.8 Å². The fourth-order valence-corrected chi connectivity index (χ4v) is 2.60. The van der Waals surface area contributed by atoms with Gasteiger partial charge >= 0.3 is 0 Å². The first-order valence-corrected chi connectivity index (χ1v) is 9.42. The van der Waals surface area contributed by atoms with Gasteiger partial charge in [0.1, 0.15) is 0 Å². The van der Waals surface area contributed by atoms with Gasteiger partial charge in [0.25, 0.3) is 0 Å². The van der Waals surface area contributed by atoms with Crippen molar-refractivity contribution in [3.05, 3.63) is 29.3 Å². The van der Waals surface area contributed by atoms with Crippen molar-refractivity contribution >= 4 is 40.3 Å². The monoisotopic (exact) mass is 366 g/mol. The van der Waals surface area contributed by atoms with Crippen LogP contribution in [0.25, 0.3) is 0 Å². The third kappa shape index (κ3) is 7.93. The minimum Gasteiger partial charge on any atom is -0.361 e. The second-order valence-corrected chi connectivity index (χ2v) is 7.08. The molecule has 0 saturated heterocycles. The molecule has 0 bridgehead atoms. The third-order valence-corrected chi connectivity index (χ3v) is 4.50. The summed E-state index contributed by atoms with van der Waals surface area (Å²) in [6, 6.07) is 6.09. The predicted octanol–water partition coefficient (Wildman–Crippen LogP) is 4.19. The molecule has 0 aromatic heterocycles. The van der Waals surface area contributed by atoms with Crippen molar-refractivity contribution < 1.29 is 0 Å². The molecule has 1 aromatic carbocycles. The average Bonchev–Trinajstić information content (AvgIpc) is 2.55. The normalized spacial score (nSPS) is 11.5. The Morgan fingerprint density at radius 2 is 1.79 bits per heavy atom. The summed E-state index contributed by atoms with van der Waals surface area (Å²) >= 11 is 10.6. The van der Waals surface area contributed by atoms with Crippen LogP contribution in [0.3, 0.4) is 0 Å². The van der Waals surface area contributed by atoms with E-state index in [9.17, 15) is 0 Å². The predicted molar refractivity (Wildman–Crippen MR) is 112 cm³/mol. The molecule has 0 spiro atoms. The molecule has 4 nitrogen and oxygen atoms in total. The van der Waals surface area contributed by atoms with E-state index in [0.717, 1.165) is 12.2 Å². The Kier molecular flexibility index (Phi) is 9.64. The van der Waals surface area contributed by atoms with Gasteiger partial charge in [-0.1, -0.05) is 45.2 Å². The number of benzene rings is 1. The number of nitrogens with one attached hydrogen (secondary N) is 4. The molecule has 24 heavy (non-hydrogen) atoms. The number of anilines is 1. The second-order valence-electron chi connectivity index (χ2n) is 6.26. The van der Waals surface area contributed by atoms with E-state index in [1.165, 1.54) is 36.8 Å². The molecule has 0 unspecified atom stereocenters. The number of hydrogen-bond acceptors (Lipinski definition) is 2. The fraction of sp³-hybridized carbons (Fsp3) is 0.556. The summed E-state index contributed by atoms with van der Waals surface area (Å²) in [5, 5.41) is 7.44. The summed E-state index contributed by atoms with van der Waals surface area (Å²) in [6.07, 6.45) is 5.06. The van der Waals surface area contributed by atoms with E-state index in [1.54, 1.807) is 0 Å². The van der Waals surface area contributed by atoms with Crippen molar-refractivity contribution in [2.45, 2.75) is 53.4 Å². The van der Waals surface area contributed by atoms with Gasteiger partial charge in [-0.2, -0.15) is 0 Å². The highest BCUT2D eigenvalue weighted by molar-refractivity contribution is 7.80. The Balaban J connectivity index is 2.26. The molecule has 0 aliphatic carbocycles. The lowest BCUT2D eigenvalue weighted by Crippen LogP contribution is -2.49. The molecule has 1 rings (SSSR count). The minimum atomic E-state index is 0.490. The summed E-state index contributed by atoms with van der Waals surface area (Å²) in [6.45, 7) is 9.48. The number of hydrazine groups is 1. The van der Waals surface area contributed by atoms with Crippen LogP contribution < -0.4 is 21.5 Å². The molecular weight excluding hydrogens is 336 g/mol. The lowest BCUT2D eigenvalue weighted by Gasteiger charge is -2.17. The summed E-state index contributed by atoms with van der Waals surface area (Å²) in [4.78, 5) is 0. The SMILES string of the molecule is CCCCC[C@H](C)CNC(=S)NNC(=S)Nc1cccc(C)c1C. The second kappa shape index (κ2) is 11.2. The average molecular weight is 367 g/mol. The summed E-state index contributed by atoms with van der Waals surface area (Å²) in [5.41, 5.74) is 9.25. The van der Waals surface area contributed by atoms with Gasteiger partial charge in [-0.3, -0.25) is 10.9 Å². The van der Waals surface area contributed by atoms with Gasteiger partial charge < -0.3 is 10.6 Å².